The summed E-state index contributed by atoms with van der Waals surface area (Å²) in [5, 5.41) is 11.0. The number of benzene rings is 2. The maximum Gasteiger partial charge on any atom is 0.174 e. The molecule has 1 spiro atoms. The number of carbonyl (C=O) groups is 1. The van der Waals surface area contributed by atoms with Gasteiger partial charge in [0.1, 0.15) is 0 Å². The molecule has 1 saturated heterocycles. The number of ketones is 1. The molecule has 2 aliphatic heterocycles. The van der Waals surface area contributed by atoms with Crippen LogP contribution in [0.25, 0.3) is 0 Å². The van der Waals surface area contributed by atoms with Crippen LogP contribution >= 0.6 is 0 Å². The van der Waals surface area contributed by atoms with Crippen molar-refractivity contribution in [2.45, 2.75) is 62.5 Å². The third kappa shape index (κ3) is 2.48. The van der Waals surface area contributed by atoms with Crippen LogP contribution in [0.4, 0.5) is 0 Å². The number of hydrogen-bond acceptors (Lipinski definition) is 4. The zero-order valence-electron chi connectivity index (χ0n) is 17.8. The Kier molecular flexibility index (Phi) is 3.74. The van der Waals surface area contributed by atoms with Gasteiger partial charge in [0.15, 0.2) is 23.4 Å². The molecule has 2 heterocycles. The van der Waals surface area contributed by atoms with E-state index in [2.05, 4.69) is 29.2 Å². The summed E-state index contributed by atoms with van der Waals surface area (Å²) >= 11 is 0. The summed E-state index contributed by atoms with van der Waals surface area (Å²) in [7, 11) is 0. The van der Waals surface area contributed by atoms with Crippen molar-refractivity contribution in [2.75, 3.05) is 13.1 Å². The van der Waals surface area contributed by atoms with Crippen LogP contribution in [0.2, 0.25) is 0 Å². The molecule has 0 amide bonds. The molecule has 4 heteroatoms. The molecule has 5 aliphatic rings. The fourth-order valence-electron chi connectivity index (χ4n) is 7.40. The number of nitrogens with zero attached hydrogens (tertiary/aromatic N) is 1. The van der Waals surface area contributed by atoms with Gasteiger partial charge in [0.05, 0.1) is 0 Å². The molecular weight excluding hydrogens is 386 g/mol. The van der Waals surface area contributed by atoms with Crippen LogP contribution in [0, 0.1) is 11.8 Å². The minimum atomic E-state index is -0.399. The molecule has 2 bridgehead atoms. The third-order valence-corrected chi connectivity index (χ3v) is 8.87. The van der Waals surface area contributed by atoms with Crippen LogP contribution in [-0.4, -0.2) is 41.0 Å². The van der Waals surface area contributed by atoms with Crippen molar-refractivity contribution in [1.82, 2.24) is 4.90 Å². The van der Waals surface area contributed by atoms with E-state index in [9.17, 15) is 9.90 Å². The van der Waals surface area contributed by atoms with Crippen molar-refractivity contribution in [1.29, 1.82) is 0 Å². The van der Waals surface area contributed by atoms with Crippen molar-refractivity contribution < 1.29 is 14.6 Å². The summed E-state index contributed by atoms with van der Waals surface area (Å²) in [5.41, 5.74) is 4.79. The molecule has 2 aromatic rings. The Balaban J connectivity index is 1.40. The Hall–Kier alpha value is -2.33. The summed E-state index contributed by atoms with van der Waals surface area (Å²) in [5.74, 6) is 2.40. The third-order valence-electron chi connectivity index (χ3n) is 8.87. The Morgan fingerprint density at radius 3 is 2.81 bits per heavy atom. The number of likely N-dealkylation sites (tertiary alicyclic amines) is 1. The summed E-state index contributed by atoms with van der Waals surface area (Å²) < 4.78 is 6.34. The Labute approximate surface area is 183 Å². The van der Waals surface area contributed by atoms with Crippen molar-refractivity contribution in [3.8, 4) is 11.5 Å². The van der Waals surface area contributed by atoms with Crippen molar-refractivity contribution in [3.05, 3.63) is 58.7 Å². The van der Waals surface area contributed by atoms with E-state index >= 15 is 0 Å². The number of carbonyl (C=O) groups excluding carboxylic acids is 1. The van der Waals surface area contributed by atoms with E-state index in [1.165, 1.54) is 41.6 Å². The van der Waals surface area contributed by atoms with Gasteiger partial charge < -0.3 is 9.84 Å². The van der Waals surface area contributed by atoms with Gasteiger partial charge in [0.25, 0.3) is 0 Å². The average molecular weight is 416 g/mol. The lowest BCUT2D eigenvalue weighted by Gasteiger charge is -2.58. The maximum absolute atomic E-state index is 13.1. The van der Waals surface area contributed by atoms with Crippen LogP contribution in [0.5, 0.6) is 11.5 Å². The first-order valence-corrected chi connectivity index (χ1v) is 12.0. The lowest BCUT2D eigenvalue weighted by molar-refractivity contribution is -0.138. The fourth-order valence-corrected chi connectivity index (χ4v) is 7.40. The fraction of sp³-hybridized carbons (Fsp3) is 0.519. The molecule has 7 rings (SSSR count). The first kappa shape index (κ1) is 18.3. The van der Waals surface area contributed by atoms with Crippen LogP contribution in [0.3, 0.4) is 0 Å². The Bertz CT molecular complexity index is 1080. The van der Waals surface area contributed by atoms with Gasteiger partial charge in [-0.1, -0.05) is 30.3 Å². The van der Waals surface area contributed by atoms with Crippen LogP contribution in [0.1, 0.15) is 54.4 Å². The van der Waals surface area contributed by atoms with Gasteiger partial charge in [-0.05, 0) is 79.7 Å². The van der Waals surface area contributed by atoms with Crippen molar-refractivity contribution in [2.24, 2.45) is 11.8 Å². The SMILES string of the molecule is O=C1CC[C@H]2[C@H]3Cc4c(Cc5ccccc5)cc(O)c5c4[C@@]2(CCN3CC2CC2)[C@H]1O5. The molecule has 0 unspecified atom stereocenters. The number of Topliss-reactive ketones (excluding diaryl/α,β-unsaturated/α-hetero) is 1. The number of hydrogen-bond donors (Lipinski definition) is 1. The topological polar surface area (TPSA) is 49.8 Å². The van der Waals surface area contributed by atoms with Gasteiger partial charge in [0.2, 0.25) is 0 Å². The zero-order chi connectivity index (χ0) is 20.7. The minimum absolute atomic E-state index is 0.221. The molecule has 3 aliphatic carbocycles. The van der Waals surface area contributed by atoms with E-state index < -0.39 is 6.10 Å². The lowest BCUT2D eigenvalue weighted by atomic mass is 9.51. The van der Waals surface area contributed by atoms with Crippen molar-refractivity contribution >= 4 is 5.78 Å². The summed E-state index contributed by atoms with van der Waals surface area (Å²) in [6.07, 6.45) is 6.74. The average Bonchev–Trinajstić information content (AvgIpc) is 3.52. The predicted molar refractivity (Wildman–Crippen MR) is 118 cm³/mol. The van der Waals surface area contributed by atoms with E-state index in [1.54, 1.807) is 0 Å². The molecule has 2 saturated carbocycles. The molecular formula is C27H29NO3. The second kappa shape index (κ2) is 6.35. The normalized spacial score (nSPS) is 33.2. The molecule has 0 radical (unpaired) electrons. The second-order valence-corrected chi connectivity index (χ2v) is 10.5. The maximum atomic E-state index is 13.1. The molecule has 4 nitrogen and oxygen atoms in total. The molecule has 160 valence electrons. The van der Waals surface area contributed by atoms with E-state index in [1.807, 2.05) is 12.1 Å². The number of phenols is 1. The molecule has 1 N–H and O–H groups in total. The lowest BCUT2D eigenvalue weighted by Crippen LogP contribution is -2.66. The number of ether oxygens (including phenoxy) is 1. The number of phenolic OH excluding ortho intramolecular Hbond substituents is 1. The van der Waals surface area contributed by atoms with Gasteiger partial charge in [0, 0.05) is 30.0 Å². The molecule has 3 fully saturated rings. The molecule has 2 aromatic carbocycles. The van der Waals surface area contributed by atoms with Gasteiger partial charge in [-0.15, -0.1) is 0 Å². The van der Waals surface area contributed by atoms with Crippen LogP contribution in [-0.2, 0) is 23.1 Å². The van der Waals surface area contributed by atoms with E-state index in [4.69, 9.17) is 4.74 Å². The highest BCUT2D eigenvalue weighted by atomic mass is 16.5. The largest absolute Gasteiger partial charge is 0.504 e. The number of rotatable bonds is 4. The summed E-state index contributed by atoms with van der Waals surface area (Å²) in [6, 6.07) is 12.9. The van der Waals surface area contributed by atoms with Crippen LogP contribution in [0.15, 0.2) is 36.4 Å². The quantitative estimate of drug-likeness (QED) is 0.820. The Morgan fingerprint density at radius 2 is 2.00 bits per heavy atom. The molecule has 0 aromatic heterocycles. The second-order valence-electron chi connectivity index (χ2n) is 10.5. The van der Waals surface area contributed by atoms with Crippen molar-refractivity contribution in [3.63, 3.8) is 0 Å². The molecule has 4 atom stereocenters. The Morgan fingerprint density at radius 1 is 1.16 bits per heavy atom. The summed E-state index contributed by atoms with van der Waals surface area (Å²) in [4.78, 5) is 15.8. The highest BCUT2D eigenvalue weighted by Crippen LogP contribution is 2.64. The monoisotopic (exact) mass is 415 g/mol. The zero-order valence-corrected chi connectivity index (χ0v) is 17.8. The first-order valence-electron chi connectivity index (χ1n) is 12.0. The first-order chi connectivity index (χ1) is 15.1. The minimum Gasteiger partial charge on any atom is -0.504 e. The number of aromatic hydroxyl groups is 1. The smallest absolute Gasteiger partial charge is 0.174 e. The molecule has 31 heavy (non-hydrogen) atoms. The van der Waals surface area contributed by atoms with E-state index in [-0.39, 0.29) is 16.9 Å². The predicted octanol–water partition coefficient (Wildman–Crippen LogP) is 4.00. The standard InChI is InChI=1S/C27H29NO3/c29-22-9-8-20-21-14-19-18(12-16-4-2-1-3-5-16)13-23(30)25-24(19)27(20,26(22)31-25)10-11-28(21)15-17-6-7-17/h1-5,13,17,20-21,26,30H,6-12,14-15H2/t20-,21+,26-,27-/m0/s1. The number of piperidine rings is 1. The van der Waals surface area contributed by atoms with Gasteiger partial charge in [-0.2, -0.15) is 0 Å². The summed E-state index contributed by atoms with van der Waals surface area (Å²) in [6.45, 7) is 2.26. The van der Waals surface area contributed by atoms with E-state index in [0.29, 0.717) is 24.1 Å². The highest BCUT2D eigenvalue weighted by molar-refractivity contribution is 5.89. The van der Waals surface area contributed by atoms with Gasteiger partial charge in [-0.25, -0.2) is 0 Å². The van der Waals surface area contributed by atoms with Crippen LogP contribution < -0.4 is 4.74 Å². The highest BCUT2D eigenvalue weighted by Gasteiger charge is 2.66. The van der Waals surface area contributed by atoms with Gasteiger partial charge in [-0.3, -0.25) is 9.69 Å². The van der Waals surface area contributed by atoms with Gasteiger partial charge >= 0.3 is 0 Å². The van der Waals surface area contributed by atoms with E-state index in [0.717, 1.165) is 38.1 Å².